The van der Waals surface area contributed by atoms with Gasteiger partial charge in [0.2, 0.25) is 0 Å². The molecule has 0 bridgehead atoms. The summed E-state index contributed by atoms with van der Waals surface area (Å²) in [4.78, 5) is 4.30. The smallest absolute Gasteiger partial charge is 0.101 e. The number of ether oxygens (including phenoxy) is 1. The van der Waals surface area contributed by atoms with Crippen molar-refractivity contribution in [1.29, 1.82) is 0 Å². The summed E-state index contributed by atoms with van der Waals surface area (Å²) in [5.74, 6) is 0.443. The van der Waals surface area contributed by atoms with Gasteiger partial charge in [0.15, 0.2) is 0 Å². The lowest BCUT2D eigenvalue weighted by Gasteiger charge is -2.18. The van der Waals surface area contributed by atoms with Gasteiger partial charge in [-0.05, 0) is 34.0 Å². The van der Waals surface area contributed by atoms with Gasteiger partial charge in [0.25, 0.3) is 0 Å². The maximum Gasteiger partial charge on any atom is 0.101 e. The summed E-state index contributed by atoms with van der Waals surface area (Å²) in [6, 6.07) is 3.97. The van der Waals surface area contributed by atoms with E-state index in [1.807, 2.05) is 12.1 Å². The highest BCUT2D eigenvalue weighted by molar-refractivity contribution is 9.10. The summed E-state index contributed by atoms with van der Waals surface area (Å²) in [5.41, 5.74) is 0.987. The molecule has 0 aliphatic heterocycles. The van der Waals surface area contributed by atoms with Crippen LogP contribution in [0.4, 0.5) is 0 Å². The van der Waals surface area contributed by atoms with Gasteiger partial charge in [-0.1, -0.05) is 13.8 Å². The largest absolute Gasteiger partial charge is 0.375 e. The van der Waals surface area contributed by atoms with Crippen LogP contribution < -0.4 is 0 Å². The minimum Gasteiger partial charge on any atom is -0.375 e. The van der Waals surface area contributed by atoms with Crippen molar-refractivity contribution in [2.75, 3.05) is 7.11 Å². The Morgan fingerprint density at radius 1 is 1.38 bits per heavy atom. The molecule has 0 amide bonds. The van der Waals surface area contributed by atoms with Crippen LogP contribution in [0.25, 0.3) is 0 Å². The Morgan fingerprint density at radius 2 is 2.08 bits per heavy atom. The van der Waals surface area contributed by atoms with Gasteiger partial charge in [-0.25, -0.2) is 0 Å². The zero-order chi connectivity index (χ0) is 9.84. The van der Waals surface area contributed by atoms with Crippen molar-refractivity contribution in [2.24, 2.45) is 5.92 Å². The molecule has 1 rings (SSSR count). The number of pyridine rings is 1. The Hall–Kier alpha value is -0.410. The van der Waals surface area contributed by atoms with Gasteiger partial charge in [-0.2, -0.15) is 0 Å². The molecule has 0 aliphatic rings. The van der Waals surface area contributed by atoms with Gasteiger partial charge in [-0.15, -0.1) is 0 Å². The first-order valence-electron chi connectivity index (χ1n) is 4.29. The Balaban J connectivity index is 2.86. The second-order valence-corrected chi connectivity index (χ2v) is 4.22. The number of methoxy groups -OCH3 is 1. The summed E-state index contributed by atoms with van der Waals surface area (Å²) >= 11 is 3.35. The van der Waals surface area contributed by atoms with E-state index in [9.17, 15) is 0 Å². The average Bonchev–Trinajstić information content (AvgIpc) is 2.09. The summed E-state index contributed by atoms with van der Waals surface area (Å²) < 4.78 is 6.36. The fraction of sp³-hybridized carbons (Fsp3) is 0.500. The summed E-state index contributed by atoms with van der Waals surface area (Å²) in [6.45, 7) is 4.25. The zero-order valence-electron chi connectivity index (χ0n) is 8.12. The van der Waals surface area contributed by atoms with Crippen LogP contribution in [0.1, 0.15) is 25.6 Å². The third kappa shape index (κ3) is 2.78. The van der Waals surface area contributed by atoms with Crippen molar-refractivity contribution in [3.8, 4) is 0 Å². The molecule has 0 saturated carbocycles. The molecule has 0 aliphatic carbocycles. The Morgan fingerprint density at radius 3 is 2.46 bits per heavy atom. The predicted octanol–water partition coefficient (Wildman–Crippen LogP) is 3.19. The van der Waals surface area contributed by atoms with Gasteiger partial charge in [-0.3, -0.25) is 4.98 Å². The normalized spacial score (nSPS) is 13.3. The highest BCUT2D eigenvalue weighted by atomic mass is 79.9. The Labute approximate surface area is 87.5 Å². The summed E-state index contributed by atoms with van der Waals surface area (Å²) in [5, 5.41) is 0. The molecule has 2 nitrogen and oxygen atoms in total. The van der Waals surface area contributed by atoms with Gasteiger partial charge >= 0.3 is 0 Å². The van der Waals surface area contributed by atoms with Crippen LogP contribution in [-0.4, -0.2) is 12.1 Å². The number of hydrogen-bond acceptors (Lipinski definition) is 2. The first kappa shape index (κ1) is 10.7. The fourth-order valence-corrected chi connectivity index (χ4v) is 1.52. The van der Waals surface area contributed by atoms with Crippen molar-refractivity contribution in [1.82, 2.24) is 4.98 Å². The van der Waals surface area contributed by atoms with Crippen LogP contribution in [0.15, 0.2) is 22.8 Å². The third-order valence-corrected chi connectivity index (χ3v) is 2.37. The molecule has 0 spiro atoms. The molecule has 0 radical (unpaired) electrons. The highest BCUT2D eigenvalue weighted by Crippen LogP contribution is 2.23. The van der Waals surface area contributed by atoms with Crippen LogP contribution in [-0.2, 0) is 4.74 Å². The van der Waals surface area contributed by atoms with E-state index in [1.54, 1.807) is 13.3 Å². The molecule has 1 atom stereocenters. The van der Waals surface area contributed by atoms with Crippen molar-refractivity contribution in [3.63, 3.8) is 0 Å². The van der Waals surface area contributed by atoms with Gasteiger partial charge in [0.05, 0.1) is 5.69 Å². The first-order valence-corrected chi connectivity index (χ1v) is 5.08. The molecular weight excluding hydrogens is 230 g/mol. The average molecular weight is 244 g/mol. The molecule has 3 heteroatoms. The lowest BCUT2D eigenvalue weighted by molar-refractivity contribution is 0.0612. The SMILES string of the molecule is COC(c1ccc(Br)cn1)C(C)C. The second-order valence-electron chi connectivity index (χ2n) is 3.30. The van der Waals surface area contributed by atoms with Crippen LogP contribution in [0.5, 0.6) is 0 Å². The molecule has 72 valence electrons. The fourth-order valence-electron chi connectivity index (χ4n) is 1.29. The number of halogens is 1. The van der Waals surface area contributed by atoms with Crippen molar-refractivity contribution in [3.05, 3.63) is 28.5 Å². The number of hydrogen-bond donors (Lipinski definition) is 0. The van der Waals surface area contributed by atoms with Crippen molar-refractivity contribution in [2.45, 2.75) is 20.0 Å². The molecule has 0 fully saturated rings. The quantitative estimate of drug-likeness (QED) is 0.814. The van der Waals surface area contributed by atoms with E-state index in [-0.39, 0.29) is 6.10 Å². The van der Waals surface area contributed by atoms with Crippen LogP contribution >= 0.6 is 15.9 Å². The van der Waals surface area contributed by atoms with E-state index in [0.29, 0.717) is 5.92 Å². The standard InChI is InChI=1S/C10H14BrNO/c1-7(2)10(13-3)9-5-4-8(11)6-12-9/h4-7,10H,1-3H3. The number of aromatic nitrogens is 1. The van der Waals surface area contributed by atoms with E-state index in [0.717, 1.165) is 10.2 Å². The van der Waals surface area contributed by atoms with Crippen molar-refractivity contribution >= 4 is 15.9 Å². The van der Waals surface area contributed by atoms with Crippen molar-refractivity contribution < 1.29 is 4.74 Å². The molecule has 0 aromatic carbocycles. The third-order valence-electron chi connectivity index (χ3n) is 1.90. The summed E-state index contributed by atoms with van der Waals surface area (Å²) in [7, 11) is 1.72. The molecule has 1 aromatic rings. The molecule has 1 heterocycles. The highest BCUT2D eigenvalue weighted by Gasteiger charge is 2.15. The van der Waals surface area contributed by atoms with Crippen LogP contribution in [0.3, 0.4) is 0 Å². The van der Waals surface area contributed by atoms with Crippen LogP contribution in [0, 0.1) is 5.92 Å². The molecule has 1 aromatic heterocycles. The minimum atomic E-state index is 0.0908. The van der Waals surface area contributed by atoms with E-state index in [1.165, 1.54) is 0 Å². The summed E-state index contributed by atoms with van der Waals surface area (Å²) in [6.07, 6.45) is 1.89. The lowest BCUT2D eigenvalue weighted by atomic mass is 10.0. The second kappa shape index (κ2) is 4.72. The maximum absolute atomic E-state index is 5.36. The number of nitrogens with zero attached hydrogens (tertiary/aromatic N) is 1. The Kier molecular flexibility index (Phi) is 3.88. The van der Waals surface area contributed by atoms with E-state index in [4.69, 9.17) is 4.74 Å². The van der Waals surface area contributed by atoms with E-state index in [2.05, 4.69) is 34.8 Å². The van der Waals surface area contributed by atoms with Gasteiger partial charge in [0.1, 0.15) is 6.10 Å². The van der Waals surface area contributed by atoms with Gasteiger partial charge < -0.3 is 4.74 Å². The predicted molar refractivity (Wildman–Crippen MR) is 56.5 cm³/mol. The Bertz CT molecular complexity index is 258. The molecule has 1 unspecified atom stereocenters. The first-order chi connectivity index (χ1) is 6.15. The number of rotatable bonds is 3. The van der Waals surface area contributed by atoms with E-state index >= 15 is 0 Å². The minimum absolute atomic E-state index is 0.0908. The molecular formula is C10H14BrNO. The lowest BCUT2D eigenvalue weighted by Crippen LogP contribution is -2.10. The van der Waals surface area contributed by atoms with Crippen LogP contribution in [0.2, 0.25) is 0 Å². The zero-order valence-corrected chi connectivity index (χ0v) is 9.71. The topological polar surface area (TPSA) is 22.1 Å². The molecule has 13 heavy (non-hydrogen) atoms. The molecule has 0 saturated heterocycles. The van der Waals surface area contributed by atoms with E-state index < -0.39 is 0 Å². The molecule has 0 N–H and O–H groups in total. The monoisotopic (exact) mass is 243 g/mol. The maximum atomic E-state index is 5.36. The van der Waals surface area contributed by atoms with Gasteiger partial charge in [0, 0.05) is 17.8 Å².